The first-order valence-corrected chi connectivity index (χ1v) is 8.04. The van der Waals surface area contributed by atoms with Crippen LogP contribution in [-0.2, 0) is 6.42 Å². The highest BCUT2D eigenvalue weighted by atomic mass is 19.2. The fraction of sp³-hybridized carbons (Fsp3) is 0.158. The predicted octanol–water partition coefficient (Wildman–Crippen LogP) is 3.35. The van der Waals surface area contributed by atoms with Crippen LogP contribution in [0, 0.1) is 11.6 Å². The quantitative estimate of drug-likeness (QED) is 0.740. The average molecular weight is 356 g/mol. The van der Waals surface area contributed by atoms with E-state index in [1.54, 1.807) is 12.1 Å². The van der Waals surface area contributed by atoms with Crippen LogP contribution in [0.15, 0.2) is 41.2 Å². The van der Waals surface area contributed by atoms with Gasteiger partial charge in [-0.1, -0.05) is 12.1 Å². The van der Waals surface area contributed by atoms with E-state index >= 15 is 0 Å². The summed E-state index contributed by atoms with van der Waals surface area (Å²) in [5.41, 5.74) is 0.485. The largest absolute Gasteiger partial charge is 0.506 e. The highest BCUT2D eigenvalue weighted by molar-refractivity contribution is 6.09. The number of nitrogens with zero attached hydrogens (tertiary/aromatic N) is 1. The lowest BCUT2D eigenvalue weighted by atomic mass is 10.1. The van der Waals surface area contributed by atoms with Crippen molar-refractivity contribution in [1.82, 2.24) is 4.57 Å². The number of hydrogen-bond donors (Lipinski definition) is 2. The van der Waals surface area contributed by atoms with Crippen LogP contribution in [0.3, 0.4) is 0 Å². The van der Waals surface area contributed by atoms with Gasteiger partial charge in [0.15, 0.2) is 11.6 Å². The van der Waals surface area contributed by atoms with E-state index in [4.69, 9.17) is 0 Å². The lowest BCUT2D eigenvalue weighted by Gasteiger charge is -2.14. The third kappa shape index (κ3) is 2.28. The summed E-state index contributed by atoms with van der Waals surface area (Å²) in [7, 11) is 0. The number of rotatable bonds is 2. The van der Waals surface area contributed by atoms with Gasteiger partial charge in [0, 0.05) is 23.2 Å². The van der Waals surface area contributed by atoms with E-state index < -0.39 is 34.4 Å². The Hall–Kier alpha value is -3.22. The predicted molar refractivity (Wildman–Crippen MR) is 92.6 cm³/mol. The van der Waals surface area contributed by atoms with Crippen molar-refractivity contribution in [3.05, 3.63) is 69.5 Å². The minimum absolute atomic E-state index is 0.0176. The van der Waals surface area contributed by atoms with Crippen LogP contribution in [0.5, 0.6) is 5.75 Å². The molecule has 0 spiro atoms. The number of anilines is 1. The molecular formula is C19H14F2N2O3. The van der Waals surface area contributed by atoms with E-state index in [1.807, 2.05) is 13.0 Å². The number of carbonyl (C=O) groups is 1. The van der Waals surface area contributed by atoms with Crippen molar-refractivity contribution in [2.24, 2.45) is 0 Å². The van der Waals surface area contributed by atoms with Gasteiger partial charge in [-0.15, -0.1) is 0 Å². The molecule has 2 heterocycles. The van der Waals surface area contributed by atoms with E-state index in [0.29, 0.717) is 17.3 Å². The molecule has 4 rings (SSSR count). The van der Waals surface area contributed by atoms with Gasteiger partial charge >= 0.3 is 0 Å². The number of hydrogen-bond acceptors (Lipinski definition) is 3. The number of benzene rings is 2. The molecule has 1 aliphatic heterocycles. The Morgan fingerprint density at radius 3 is 2.73 bits per heavy atom. The molecule has 1 aliphatic rings. The Bertz CT molecular complexity index is 1140. The summed E-state index contributed by atoms with van der Waals surface area (Å²) in [5, 5.41) is 13.3. The fourth-order valence-electron chi connectivity index (χ4n) is 3.49. The molecule has 5 nitrogen and oxygen atoms in total. The average Bonchev–Trinajstić information content (AvgIpc) is 2.93. The van der Waals surface area contributed by atoms with Gasteiger partial charge in [-0.3, -0.25) is 9.59 Å². The van der Waals surface area contributed by atoms with E-state index in [1.165, 1.54) is 10.6 Å². The van der Waals surface area contributed by atoms with Gasteiger partial charge in [-0.2, -0.15) is 0 Å². The fourth-order valence-corrected chi connectivity index (χ4v) is 3.49. The summed E-state index contributed by atoms with van der Waals surface area (Å²) in [6, 6.07) is 7.96. The zero-order valence-corrected chi connectivity index (χ0v) is 13.7. The molecule has 3 aromatic rings. The molecule has 0 aliphatic carbocycles. The van der Waals surface area contributed by atoms with Gasteiger partial charge in [-0.05, 0) is 37.1 Å². The topological polar surface area (TPSA) is 71.3 Å². The van der Waals surface area contributed by atoms with Crippen molar-refractivity contribution in [1.29, 1.82) is 0 Å². The van der Waals surface area contributed by atoms with E-state index in [0.717, 1.165) is 17.7 Å². The molecular weight excluding hydrogens is 342 g/mol. The molecule has 7 heteroatoms. The van der Waals surface area contributed by atoms with Crippen molar-refractivity contribution in [2.75, 3.05) is 5.32 Å². The first kappa shape index (κ1) is 16.3. The van der Waals surface area contributed by atoms with Crippen molar-refractivity contribution in [2.45, 2.75) is 19.4 Å². The van der Waals surface area contributed by atoms with Gasteiger partial charge in [0.25, 0.3) is 11.5 Å². The zero-order valence-electron chi connectivity index (χ0n) is 13.7. The van der Waals surface area contributed by atoms with Crippen LogP contribution in [0.4, 0.5) is 14.5 Å². The number of nitrogens with one attached hydrogen (secondary N) is 1. The number of amides is 1. The number of aromatic nitrogens is 1. The second-order valence-electron chi connectivity index (χ2n) is 6.35. The lowest BCUT2D eigenvalue weighted by Crippen LogP contribution is -2.30. The normalized spacial score (nSPS) is 15.4. The first-order chi connectivity index (χ1) is 12.4. The molecule has 0 saturated heterocycles. The highest BCUT2D eigenvalue weighted by Gasteiger charge is 2.29. The summed E-state index contributed by atoms with van der Waals surface area (Å²) in [6.07, 6.45) is 0.625. The third-order valence-corrected chi connectivity index (χ3v) is 4.65. The maximum atomic E-state index is 13.3. The highest BCUT2D eigenvalue weighted by Crippen LogP contribution is 2.36. The molecule has 0 fully saturated rings. The summed E-state index contributed by atoms with van der Waals surface area (Å²) >= 11 is 0. The van der Waals surface area contributed by atoms with Crippen molar-refractivity contribution >= 4 is 22.5 Å². The standard InChI is InChI=1S/C19H14F2N2O3/c1-9-7-10-3-2-4-12-16(10)23(9)19(26)15(17(12)24)18(25)22-11-5-6-13(20)14(21)8-11/h2-6,8-9,24H,7H2,1H3,(H,22,25). The Morgan fingerprint density at radius 1 is 1.23 bits per heavy atom. The maximum absolute atomic E-state index is 13.3. The summed E-state index contributed by atoms with van der Waals surface area (Å²) in [6.45, 7) is 1.86. The number of aromatic hydroxyl groups is 1. The zero-order chi connectivity index (χ0) is 18.6. The van der Waals surface area contributed by atoms with Gasteiger partial charge in [0.05, 0.1) is 5.52 Å². The van der Waals surface area contributed by atoms with Crippen LogP contribution in [-0.4, -0.2) is 15.6 Å². The van der Waals surface area contributed by atoms with Crippen LogP contribution in [0.25, 0.3) is 10.9 Å². The van der Waals surface area contributed by atoms with Gasteiger partial charge in [0.2, 0.25) is 0 Å². The molecule has 0 saturated carbocycles. The van der Waals surface area contributed by atoms with Gasteiger partial charge < -0.3 is 15.0 Å². The Balaban J connectivity index is 1.86. The van der Waals surface area contributed by atoms with E-state index in [9.17, 15) is 23.5 Å². The minimum Gasteiger partial charge on any atom is -0.506 e. The lowest BCUT2D eigenvalue weighted by molar-refractivity contribution is 0.102. The van der Waals surface area contributed by atoms with Crippen molar-refractivity contribution in [3.63, 3.8) is 0 Å². The third-order valence-electron chi connectivity index (χ3n) is 4.65. The monoisotopic (exact) mass is 356 g/mol. The van der Waals surface area contributed by atoms with Crippen LogP contribution < -0.4 is 10.9 Å². The second kappa shape index (κ2) is 5.66. The van der Waals surface area contributed by atoms with E-state index in [2.05, 4.69) is 5.32 Å². The number of carbonyl (C=O) groups excluding carboxylic acids is 1. The Kier molecular flexibility index (Phi) is 3.54. The van der Waals surface area contributed by atoms with Gasteiger partial charge in [-0.25, -0.2) is 8.78 Å². The molecule has 132 valence electrons. The summed E-state index contributed by atoms with van der Waals surface area (Å²) in [4.78, 5) is 25.4. The van der Waals surface area contributed by atoms with Gasteiger partial charge in [0.1, 0.15) is 11.3 Å². The van der Waals surface area contributed by atoms with Crippen LogP contribution >= 0.6 is 0 Å². The molecule has 2 aromatic carbocycles. The van der Waals surface area contributed by atoms with Crippen molar-refractivity contribution < 1.29 is 18.7 Å². The number of halogens is 2. The maximum Gasteiger partial charge on any atom is 0.268 e. The molecule has 1 atom stereocenters. The Labute approximate surface area is 146 Å². The summed E-state index contributed by atoms with van der Waals surface area (Å²) < 4.78 is 27.9. The SMILES string of the molecule is CC1Cc2cccc3c(O)c(C(=O)Nc4ccc(F)c(F)c4)c(=O)n1c23. The van der Waals surface area contributed by atoms with Crippen LogP contribution in [0.2, 0.25) is 0 Å². The molecule has 1 aromatic heterocycles. The first-order valence-electron chi connectivity index (χ1n) is 8.04. The second-order valence-corrected chi connectivity index (χ2v) is 6.35. The molecule has 26 heavy (non-hydrogen) atoms. The summed E-state index contributed by atoms with van der Waals surface area (Å²) in [5.74, 6) is -3.48. The van der Waals surface area contributed by atoms with Crippen molar-refractivity contribution in [3.8, 4) is 5.75 Å². The molecule has 2 N–H and O–H groups in total. The molecule has 0 bridgehead atoms. The molecule has 0 radical (unpaired) electrons. The van der Waals surface area contributed by atoms with E-state index in [-0.39, 0.29) is 11.7 Å². The molecule has 1 amide bonds. The Morgan fingerprint density at radius 2 is 2.00 bits per heavy atom. The number of pyridine rings is 1. The van der Waals surface area contributed by atoms with Crippen LogP contribution in [0.1, 0.15) is 28.9 Å². The minimum atomic E-state index is -1.13. The molecule has 1 unspecified atom stereocenters. The number of para-hydroxylation sites is 1. The smallest absolute Gasteiger partial charge is 0.268 e.